The van der Waals surface area contributed by atoms with Crippen molar-refractivity contribution >= 4 is 17.6 Å². The van der Waals surface area contributed by atoms with Gasteiger partial charge in [0.25, 0.3) is 0 Å². The van der Waals surface area contributed by atoms with E-state index in [4.69, 9.17) is 26.2 Å². The number of fused-ring (bicyclic) bond motifs is 1. The molecule has 1 aliphatic rings. The summed E-state index contributed by atoms with van der Waals surface area (Å²) in [6, 6.07) is 1.40. The maximum absolute atomic E-state index is 10.9. The fraction of sp³-hybridized carbons (Fsp3) is 0.300. The molecule has 0 aromatic heterocycles. The number of hydrogen-bond acceptors (Lipinski definition) is 3. The van der Waals surface area contributed by atoms with Crippen molar-refractivity contribution in [1.82, 2.24) is 0 Å². The largest absolute Gasteiger partial charge is 0.486 e. The summed E-state index contributed by atoms with van der Waals surface area (Å²) in [6.07, 6.45) is 0. The number of carboxylic acid groups (broad SMARTS) is 1. The van der Waals surface area contributed by atoms with Crippen molar-refractivity contribution in [2.45, 2.75) is 6.92 Å². The van der Waals surface area contributed by atoms with Crippen LogP contribution in [-0.2, 0) is 0 Å². The molecule has 5 heteroatoms. The van der Waals surface area contributed by atoms with E-state index in [9.17, 15) is 4.79 Å². The first kappa shape index (κ1) is 10.1. The third-order valence-corrected chi connectivity index (χ3v) is 2.71. The van der Waals surface area contributed by atoms with Gasteiger partial charge in [-0.25, -0.2) is 4.79 Å². The molecular weight excluding hydrogens is 220 g/mol. The Kier molecular flexibility index (Phi) is 2.44. The van der Waals surface area contributed by atoms with Gasteiger partial charge in [-0.05, 0) is 6.92 Å². The third kappa shape index (κ3) is 1.61. The predicted molar refractivity (Wildman–Crippen MR) is 54.1 cm³/mol. The summed E-state index contributed by atoms with van der Waals surface area (Å²) in [7, 11) is 0. The zero-order chi connectivity index (χ0) is 11.0. The van der Waals surface area contributed by atoms with Gasteiger partial charge < -0.3 is 14.6 Å². The lowest BCUT2D eigenvalue weighted by Gasteiger charge is -2.21. The molecule has 0 amide bonds. The van der Waals surface area contributed by atoms with Crippen molar-refractivity contribution in [3.8, 4) is 11.5 Å². The van der Waals surface area contributed by atoms with Gasteiger partial charge in [-0.15, -0.1) is 0 Å². The zero-order valence-electron chi connectivity index (χ0n) is 8.04. The van der Waals surface area contributed by atoms with Crippen LogP contribution in [0.5, 0.6) is 11.5 Å². The van der Waals surface area contributed by atoms with E-state index in [-0.39, 0.29) is 10.6 Å². The van der Waals surface area contributed by atoms with Crippen molar-refractivity contribution in [3.05, 3.63) is 22.2 Å². The highest BCUT2D eigenvalue weighted by molar-refractivity contribution is 6.34. The van der Waals surface area contributed by atoms with Gasteiger partial charge in [0.15, 0.2) is 11.5 Å². The Morgan fingerprint density at radius 3 is 2.80 bits per heavy atom. The van der Waals surface area contributed by atoms with Gasteiger partial charge in [0, 0.05) is 11.6 Å². The van der Waals surface area contributed by atoms with Crippen LogP contribution < -0.4 is 9.47 Å². The summed E-state index contributed by atoms with van der Waals surface area (Å²) in [5.41, 5.74) is 0.643. The molecule has 0 saturated heterocycles. The molecule has 4 nitrogen and oxygen atoms in total. The summed E-state index contributed by atoms with van der Waals surface area (Å²) < 4.78 is 10.7. The Labute approximate surface area is 91.4 Å². The van der Waals surface area contributed by atoms with Crippen LogP contribution in [0, 0.1) is 6.92 Å². The fourth-order valence-electron chi connectivity index (χ4n) is 1.48. The average Bonchev–Trinajstić information content (AvgIpc) is 2.23. The van der Waals surface area contributed by atoms with E-state index >= 15 is 0 Å². The molecule has 1 aromatic carbocycles. The number of carbonyl (C=O) groups is 1. The second kappa shape index (κ2) is 3.62. The maximum atomic E-state index is 10.9. The van der Waals surface area contributed by atoms with Gasteiger partial charge in [-0.1, -0.05) is 11.6 Å². The van der Waals surface area contributed by atoms with E-state index in [0.29, 0.717) is 30.3 Å². The molecule has 0 atom stereocenters. The molecule has 1 heterocycles. The Balaban J connectivity index is 2.63. The minimum atomic E-state index is -1.07. The van der Waals surface area contributed by atoms with Crippen LogP contribution >= 0.6 is 11.6 Å². The average molecular weight is 229 g/mol. The van der Waals surface area contributed by atoms with Gasteiger partial charge in [-0.2, -0.15) is 0 Å². The van der Waals surface area contributed by atoms with Crippen LogP contribution in [0.2, 0.25) is 5.02 Å². The molecular formula is C10H9ClO4. The Morgan fingerprint density at radius 2 is 2.13 bits per heavy atom. The van der Waals surface area contributed by atoms with Crippen LogP contribution in [0.1, 0.15) is 15.9 Å². The van der Waals surface area contributed by atoms with Crippen molar-refractivity contribution in [2.24, 2.45) is 0 Å². The summed E-state index contributed by atoms with van der Waals surface area (Å²) in [4.78, 5) is 10.9. The Bertz CT molecular complexity index is 428. The second-order valence-electron chi connectivity index (χ2n) is 3.19. The quantitative estimate of drug-likeness (QED) is 0.800. The van der Waals surface area contributed by atoms with E-state index in [1.165, 1.54) is 6.07 Å². The van der Waals surface area contributed by atoms with Crippen LogP contribution in [0.25, 0.3) is 0 Å². The normalized spacial score (nSPS) is 13.7. The zero-order valence-corrected chi connectivity index (χ0v) is 8.80. The number of halogens is 1. The SMILES string of the molecule is Cc1c(Cl)c(C(=O)O)cc2c1OCCO2. The first-order valence-corrected chi connectivity index (χ1v) is 4.81. The third-order valence-electron chi connectivity index (χ3n) is 2.22. The number of ether oxygens (including phenoxy) is 2. The molecule has 1 N–H and O–H groups in total. The summed E-state index contributed by atoms with van der Waals surface area (Å²) in [6.45, 7) is 2.59. The van der Waals surface area contributed by atoms with Crippen LogP contribution in [0.4, 0.5) is 0 Å². The Hall–Kier alpha value is -1.42. The molecule has 15 heavy (non-hydrogen) atoms. The van der Waals surface area contributed by atoms with Gasteiger partial charge in [0.05, 0.1) is 10.6 Å². The number of benzene rings is 1. The molecule has 2 rings (SSSR count). The van der Waals surface area contributed by atoms with Gasteiger partial charge in [0.2, 0.25) is 0 Å². The first-order chi connectivity index (χ1) is 7.11. The topological polar surface area (TPSA) is 55.8 Å². The number of carboxylic acids is 1. The molecule has 80 valence electrons. The van der Waals surface area contributed by atoms with Crippen molar-refractivity contribution < 1.29 is 19.4 Å². The fourth-order valence-corrected chi connectivity index (χ4v) is 1.71. The van der Waals surface area contributed by atoms with E-state index in [1.807, 2.05) is 0 Å². The molecule has 1 aromatic rings. The minimum absolute atomic E-state index is 0.0402. The molecule has 0 bridgehead atoms. The molecule has 0 aliphatic carbocycles. The molecule has 0 spiro atoms. The standard InChI is InChI=1S/C10H9ClO4/c1-5-8(11)6(10(12)13)4-7-9(5)15-3-2-14-7/h4H,2-3H2,1H3,(H,12,13). The van der Waals surface area contributed by atoms with E-state index < -0.39 is 5.97 Å². The highest BCUT2D eigenvalue weighted by Gasteiger charge is 2.22. The molecule has 0 saturated carbocycles. The van der Waals surface area contributed by atoms with Crippen molar-refractivity contribution in [1.29, 1.82) is 0 Å². The smallest absolute Gasteiger partial charge is 0.337 e. The maximum Gasteiger partial charge on any atom is 0.337 e. The van der Waals surface area contributed by atoms with E-state index in [0.717, 1.165) is 0 Å². The second-order valence-corrected chi connectivity index (χ2v) is 3.57. The van der Waals surface area contributed by atoms with Crippen molar-refractivity contribution in [2.75, 3.05) is 13.2 Å². The van der Waals surface area contributed by atoms with Gasteiger partial charge in [0.1, 0.15) is 13.2 Å². The number of rotatable bonds is 1. The van der Waals surface area contributed by atoms with Crippen LogP contribution in [-0.4, -0.2) is 24.3 Å². The lowest BCUT2D eigenvalue weighted by atomic mass is 10.1. The summed E-state index contributed by atoms with van der Waals surface area (Å²) in [5.74, 6) is -0.0862. The molecule has 0 radical (unpaired) electrons. The highest BCUT2D eigenvalue weighted by atomic mass is 35.5. The summed E-state index contributed by atoms with van der Waals surface area (Å²) in [5, 5.41) is 9.11. The predicted octanol–water partition coefficient (Wildman–Crippen LogP) is 2.12. The van der Waals surface area contributed by atoms with E-state index in [1.54, 1.807) is 6.92 Å². The first-order valence-electron chi connectivity index (χ1n) is 4.43. The lowest BCUT2D eigenvalue weighted by Crippen LogP contribution is -2.17. The monoisotopic (exact) mass is 228 g/mol. The summed E-state index contributed by atoms with van der Waals surface area (Å²) >= 11 is 5.91. The molecule has 1 aliphatic heterocycles. The van der Waals surface area contributed by atoms with Gasteiger partial charge in [-0.3, -0.25) is 0 Å². The molecule has 0 unspecified atom stereocenters. The van der Waals surface area contributed by atoms with Crippen LogP contribution in [0.15, 0.2) is 6.07 Å². The minimum Gasteiger partial charge on any atom is -0.486 e. The van der Waals surface area contributed by atoms with E-state index in [2.05, 4.69) is 0 Å². The number of hydrogen-bond donors (Lipinski definition) is 1. The van der Waals surface area contributed by atoms with Gasteiger partial charge >= 0.3 is 5.97 Å². The Morgan fingerprint density at radius 1 is 1.47 bits per heavy atom. The molecule has 0 fully saturated rings. The lowest BCUT2D eigenvalue weighted by molar-refractivity contribution is 0.0695. The van der Waals surface area contributed by atoms with Crippen LogP contribution in [0.3, 0.4) is 0 Å². The van der Waals surface area contributed by atoms with Crippen molar-refractivity contribution in [3.63, 3.8) is 0 Å². The highest BCUT2D eigenvalue weighted by Crippen LogP contribution is 2.39. The number of aromatic carboxylic acids is 1.